The second-order valence-corrected chi connectivity index (χ2v) is 1.76. The van der Waals surface area contributed by atoms with E-state index in [1.165, 1.54) is 0 Å². The van der Waals surface area contributed by atoms with Crippen LogP contribution in [0.5, 0.6) is 0 Å². The van der Waals surface area contributed by atoms with E-state index in [9.17, 15) is 0 Å². The Morgan fingerprint density at radius 2 is 1.89 bits per heavy atom. The van der Waals surface area contributed by atoms with Crippen LogP contribution >= 0.6 is 0 Å². The summed E-state index contributed by atoms with van der Waals surface area (Å²) >= 11 is 0. The van der Waals surface area contributed by atoms with Crippen LogP contribution < -0.4 is 0 Å². The highest BCUT2D eigenvalue weighted by Crippen LogP contribution is 2.00. The van der Waals surface area contributed by atoms with Gasteiger partial charge in [-0.25, -0.2) is 0 Å². The monoisotopic (exact) mass is 124 g/mol. The Hall–Kier alpha value is -0.900. The van der Waals surface area contributed by atoms with Gasteiger partial charge in [-0.05, 0) is 20.8 Å². The van der Waals surface area contributed by atoms with Gasteiger partial charge in [-0.3, -0.25) is 0 Å². The summed E-state index contributed by atoms with van der Waals surface area (Å²) in [6.07, 6.45) is 0. The van der Waals surface area contributed by atoms with E-state index in [-0.39, 0.29) is 0 Å². The fraction of sp³-hybridized carbons (Fsp3) is 0.500. The minimum Gasteiger partial charge on any atom is -0.500 e. The molecule has 0 saturated carbocycles. The molecule has 0 heterocycles. The molecule has 0 amide bonds. The second kappa shape index (κ2) is 4.03. The lowest BCUT2D eigenvalue weighted by Crippen LogP contribution is -1.82. The topological polar surface area (TPSA) is 9.23 Å². The molecule has 9 heavy (non-hydrogen) atoms. The van der Waals surface area contributed by atoms with Crippen molar-refractivity contribution in [2.75, 3.05) is 7.11 Å². The summed E-state index contributed by atoms with van der Waals surface area (Å²) in [7, 11) is 1.65. The van der Waals surface area contributed by atoms with Crippen LogP contribution in [0.15, 0.2) is 11.3 Å². The molecule has 0 aromatic carbocycles. The smallest absolute Gasteiger partial charge is 0.104 e. The first kappa shape index (κ1) is 8.10. The Labute approximate surface area is 56.7 Å². The van der Waals surface area contributed by atoms with Crippen molar-refractivity contribution in [1.29, 1.82) is 0 Å². The van der Waals surface area contributed by atoms with Gasteiger partial charge in [0.25, 0.3) is 0 Å². The molecule has 0 radical (unpaired) electrons. The predicted molar refractivity (Wildman–Crippen MR) is 38.8 cm³/mol. The van der Waals surface area contributed by atoms with Crippen LogP contribution in [0, 0.1) is 11.8 Å². The quantitative estimate of drug-likeness (QED) is 0.383. The van der Waals surface area contributed by atoms with Crippen molar-refractivity contribution < 1.29 is 4.74 Å². The second-order valence-electron chi connectivity index (χ2n) is 1.76. The molecule has 1 heteroatoms. The van der Waals surface area contributed by atoms with Crippen LogP contribution in [-0.4, -0.2) is 7.11 Å². The maximum absolute atomic E-state index is 4.94. The molecule has 0 atom stereocenters. The third-order valence-electron chi connectivity index (χ3n) is 1.15. The zero-order valence-corrected chi connectivity index (χ0v) is 6.41. The summed E-state index contributed by atoms with van der Waals surface area (Å²) in [5.41, 5.74) is 1.00. The Balaban J connectivity index is 4.22. The van der Waals surface area contributed by atoms with Gasteiger partial charge >= 0.3 is 0 Å². The van der Waals surface area contributed by atoms with E-state index in [4.69, 9.17) is 4.74 Å². The van der Waals surface area contributed by atoms with Crippen LogP contribution in [0.1, 0.15) is 20.8 Å². The molecule has 0 rings (SSSR count). The van der Waals surface area contributed by atoms with Gasteiger partial charge in [-0.15, -0.1) is 5.92 Å². The van der Waals surface area contributed by atoms with Gasteiger partial charge in [-0.1, -0.05) is 5.92 Å². The molecule has 50 valence electrons. The summed E-state index contributed by atoms with van der Waals surface area (Å²) in [4.78, 5) is 0. The molecule has 0 saturated heterocycles. The highest BCUT2D eigenvalue weighted by molar-refractivity contribution is 5.27. The first-order valence-corrected chi connectivity index (χ1v) is 2.86. The maximum Gasteiger partial charge on any atom is 0.104 e. The fourth-order valence-corrected chi connectivity index (χ4v) is 0.429. The van der Waals surface area contributed by atoms with Gasteiger partial charge in [-0.2, -0.15) is 0 Å². The predicted octanol–water partition coefficient (Wildman–Crippen LogP) is 1.95. The Morgan fingerprint density at radius 3 is 2.22 bits per heavy atom. The van der Waals surface area contributed by atoms with Crippen LogP contribution in [0.4, 0.5) is 0 Å². The van der Waals surface area contributed by atoms with Crippen molar-refractivity contribution >= 4 is 0 Å². The summed E-state index contributed by atoms with van der Waals surface area (Å²) in [5, 5.41) is 0. The van der Waals surface area contributed by atoms with Crippen molar-refractivity contribution in [1.82, 2.24) is 0 Å². The number of allylic oxidation sites excluding steroid dienone is 2. The average Bonchev–Trinajstić information content (AvgIpc) is 1.87. The van der Waals surface area contributed by atoms with Crippen LogP contribution in [0.3, 0.4) is 0 Å². The minimum atomic E-state index is 0.893. The summed E-state index contributed by atoms with van der Waals surface area (Å²) in [5.74, 6) is 6.59. The van der Waals surface area contributed by atoms with E-state index in [1.807, 2.05) is 20.8 Å². The summed E-state index contributed by atoms with van der Waals surface area (Å²) in [6.45, 7) is 5.65. The van der Waals surface area contributed by atoms with Crippen molar-refractivity contribution in [3.63, 3.8) is 0 Å². The van der Waals surface area contributed by atoms with Crippen molar-refractivity contribution in [2.45, 2.75) is 20.8 Å². The number of hydrogen-bond donors (Lipinski definition) is 0. The van der Waals surface area contributed by atoms with Gasteiger partial charge in [0.15, 0.2) is 0 Å². The molecule has 0 bridgehead atoms. The van der Waals surface area contributed by atoms with Crippen LogP contribution in [-0.2, 0) is 4.74 Å². The molecule has 0 aliphatic heterocycles. The molecule has 0 fully saturated rings. The van der Waals surface area contributed by atoms with E-state index in [1.54, 1.807) is 7.11 Å². The third kappa shape index (κ3) is 2.81. The maximum atomic E-state index is 4.94. The van der Waals surface area contributed by atoms with Gasteiger partial charge in [0.05, 0.1) is 7.11 Å². The van der Waals surface area contributed by atoms with E-state index in [2.05, 4.69) is 11.8 Å². The van der Waals surface area contributed by atoms with E-state index in [0.717, 1.165) is 11.3 Å². The Morgan fingerprint density at radius 1 is 1.33 bits per heavy atom. The molecular formula is C8H12O. The lowest BCUT2D eigenvalue weighted by molar-refractivity contribution is 0.290. The average molecular weight is 124 g/mol. The molecule has 1 nitrogen and oxygen atoms in total. The molecule has 0 aliphatic rings. The summed E-state index contributed by atoms with van der Waals surface area (Å²) < 4.78 is 4.94. The van der Waals surface area contributed by atoms with E-state index in [0.29, 0.717) is 0 Å². The standard InChI is InChI=1S/C8H12O/c1-5-6-7(2)8(3)9-4/h1-4H3. The number of methoxy groups -OCH3 is 1. The molecule has 0 aliphatic carbocycles. The normalized spacial score (nSPS) is 11.1. The SMILES string of the molecule is CC#CC(C)=C(C)OC. The minimum absolute atomic E-state index is 0.893. The zero-order valence-electron chi connectivity index (χ0n) is 6.41. The van der Waals surface area contributed by atoms with E-state index < -0.39 is 0 Å². The molecule has 0 unspecified atom stereocenters. The van der Waals surface area contributed by atoms with Crippen LogP contribution in [0.2, 0.25) is 0 Å². The van der Waals surface area contributed by atoms with Gasteiger partial charge in [0, 0.05) is 5.57 Å². The molecule has 0 N–H and O–H groups in total. The number of hydrogen-bond acceptors (Lipinski definition) is 1. The molecule has 0 aromatic heterocycles. The molecule has 0 spiro atoms. The summed E-state index contributed by atoms with van der Waals surface area (Å²) in [6, 6.07) is 0. The van der Waals surface area contributed by atoms with Crippen molar-refractivity contribution in [3.05, 3.63) is 11.3 Å². The van der Waals surface area contributed by atoms with Crippen molar-refractivity contribution in [3.8, 4) is 11.8 Å². The van der Waals surface area contributed by atoms with Gasteiger partial charge < -0.3 is 4.74 Å². The van der Waals surface area contributed by atoms with Gasteiger partial charge in [0.2, 0.25) is 0 Å². The zero-order chi connectivity index (χ0) is 7.28. The van der Waals surface area contributed by atoms with Crippen molar-refractivity contribution in [2.24, 2.45) is 0 Å². The highest BCUT2D eigenvalue weighted by Gasteiger charge is 1.88. The first-order chi connectivity index (χ1) is 4.22. The molecule has 0 aromatic rings. The fourth-order valence-electron chi connectivity index (χ4n) is 0.429. The lowest BCUT2D eigenvalue weighted by Gasteiger charge is -1.97. The molecular weight excluding hydrogens is 112 g/mol. The van der Waals surface area contributed by atoms with Gasteiger partial charge in [0.1, 0.15) is 5.76 Å². The van der Waals surface area contributed by atoms with Crippen LogP contribution in [0.25, 0.3) is 0 Å². The largest absolute Gasteiger partial charge is 0.500 e. The third-order valence-corrected chi connectivity index (χ3v) is 1.15. The number of ether oxygens (including phenoxy) is 1. The Kier molecular flexibility index (Phi) is 3.62. The highest BCUT2D eigenvalue weighted by atomic mass is 16.5. The first-order valence-electron chi connectivity index (χ1n) is 2.86. The Bertz CT molecular complexity index is 167. The lowest BCUT2D eigenvalue weighted by atomic mass is 10.3. The van der Waals surface area contributed by atoms with E-state index >= 15 is 0 Å². The number of rotatable bonds is 1.